The second kappa shape index (κ2) is 44.6. The average molecular weight is 1270 g/mol. The van der Waals surface area contributed by atoms with Crippen LogP contribution in [0.1, 0.15) is 179 Å². The van der Waals surface area contributed by atoms with E-state index in [1.54, 1.807) is 20.8 Å². The number of aliphatic imine (C=N–C) groups is 1. The number of likely N-dealkylation sites (tertiary alicyclic amines) is 1. The van der Waals surface area contributed by atoms with Crippen molar-refractivity contribution in [2.45, 2.75) is 168 Å². The Morgan fingerprint density at radius 3 is 1.66 bits per heavy atom. The number of hydrogen-bond donors (Lipinski definition) is 3. The third-order valence-electron chi connectivity index (χ3n) is 14.3. The molecule has 16 heteroatoms. The summed E-state index contributed by atoms with van der Waals surface area (Å²) in [6.07, 6.45) is 4.30. The SMILES string of the molecule is C.CC(CNC(=O)OC(C)(C)C)CC(C)C(=O)c1ccccc1.CC1CC(C)C(=O)N(C(=O)OC(C)(C)C)C1.CC1CN=C(c2ccccc2)C(C)C1.CC1CNC(=O)C(C)C1.CC1CNC(c2ccccc2)C(C)C1.[B].[Br-].[H-].[Mg+2].[Na+].[c-]1ccccc1. The smallest absolute Gasteiger partial charge is 1.00 e. The Bertz CT molecular complexity index is 2490. The van der Waals surface area contributed by atoms with Crippen LogP contribution in [0.3, 0.4) is 0 Å². The Morgan fingerprint density at radius 2 is 1.19 bits per heavy atom. The molecular formula is C70H107BBrMgN5NaO7. The Labute approximate surface area is 573 Å². The monoisotopic (exact) mass is 1270 g/mol. The van der Waals surface area contributed by atoms with Crippen LogP contribution < -0.4 is 62.5 Å². The van der Waals surface area contributed by atoms with Gasteiger partial charge in [0.25, 0.3) is 0 Å². The number of carbonyl (C=O) groups excluding carboxylic acids is 5. The van der Waals surface area contributed by atoms with E-state index in [2.05, 4.69) is 122 Å². The van der Waals surface area contributed by atoms with E-state index in [1.165, 1.54) is 34.6 Å². The van der Waals surface area contributed by atoms with Crippen molar-refractivity contribution >= 4 is 67.0 Å². The number of nitrogens with one attached hydrogen (secondary N) is 3. The molecule has 11 unspecified atom stereocenters. The van der Waals surface area contributed by atoms with Crippen LogP contribution in [0.25, 0.3) is 0 Å². The first-order valence-corrected chi connectivity index (χ1v) is 29.8. The molecule has 4 heterocycles. The number of carbonyl (C=O) groups is 5. The van der Waals surface area contributed by atoms with E-state index >= 15 is 0 Å². The van der Waals surface area contributed by atoms with Gasteiger partial charge in [-0.1, -0.05) is 168 Å². The molecule has 0 aromatic heterocycles. The van der Waals surface area contributed by atoms with E-state index in [-0.39, 0.29) is 128 Å². The van der Waals surface area contributed by atoms with Gasteiger partial charge in [-0.3, -0.25) is 19.4 Å². The van der Waals surface area contributed by atoms with Crippen molar-refractivity contribution < 1.29 is 81.4 Å². The molecule has 0 bridgehead atoms. The maximum atomic E-state index is 12.3. The van der Waals surface area contributed by atoms with Gasteiger partial charge in [0.05, 0.1) is 0 Å². The van der Waals surface area contributed by atoms with Gasteiger partial charge in [0.15, 0.2) is 5.78 Å². The van der Waals surface area contributed by atoms with Crippen molar-refractivity contribution in [3.05, 3.63) is 144 Å². The van der Waals surface area contributed by atoms with E-state index in [1.807, 2.05) is 116 Å². The summed E-state index contributed by atoms with van der Waals surface area (Å²) in [7, 11) is 0. The second-order valence-corrected chi connectivity index (χ2v) is 25.5. The van der Waals surface area contributed by atoms with Gasteiger partial charge in [-0.05, 0) is 133 Å². The minimum absolute atomic E-state index is 0. The van der Waals surface area contributed by atoms with Crippen molar-refractivity contribution in [3.63, 3.8) is 0 Å². The quantitative estimate of drug-likeness (QED) is 0.0899. The van der Waals surface area contributed by atoms with E-state index in [9.17, 15) is 24.0 Å². The molecule has 8 rings (SSSR count). The third kappa shape index (κ3) is 34.8. The number of nitrogens with zero attached hydrogens (tertiary/aromatic N) is 2. The van der Waals surface area contributed by atoms with Crippen LogP contribution >= 0.6 is 0 Å². The van der Waals surface area contributed by atoms with Gasteiger partial charge in [-0.25, -0.2) is 14.5 Å². The molecule has 11 atom stereocenters. The maximum absolute atomic E-state index is 12.3. The molecule has 3 saturated heterocycles. The van der Waals surface area contributed by atoms with Gasteiger partial charge in [0, 0.05) is 69.7 Å². The van der Waals surface area contributed by atoms with Crippen LogP contribution in [0.2, 0.25) is 0 Å². The second-order valence-electron chi connectivity index (χ2n) is 25.5. The van der Waals surface area contributed by atoms with Gasteiger partial charge in [-0.2, -0.15) is 36.4 Å². The summed E-state index contributed by atoms with van der Waals surface area (Å²) >= 11 is 0. The van der Waals surface area contributed by atoms with Crippen LogP contribution in [-0.4, -0.2) is 116 Å². The van der Waals surface area contributed by atoms with Crippen molar-refractivity contribution in [2.75, 3.05) is 32.7 Å². The Balaban J connectivity index is -0.000000483. The minimum Gasteiger partial charge on any atom is -1.00 e. The Kier molecular flexibility index (Phi) is 44.8. The van der Waals surface area contributed by atoms with E-state index in [0.717, 1.165) is 62.2 Å². The predicted molar refractivity (Wildman–Crippen MR) is 350 cm³/mol. The molecule has 0 spiro atoms. The average Bonchev–Trinajstić information content (AvgIpc) is 3.34. The van der Waals surface area contributed by atoms with Crippen LogP contribution in [0.15, 0.2) is 126 Å². The Morgan fingerprint density at radius 1 is 0.686 bits per heavy atom. The van der Waals surface area contributed by atoms with Crippen LogP contribution in [0.5, 0.6) is 0 Å². The van der Waals surface area contributed by atoms with Crippen LogP contribution in [0, 0.1) is 65.2 Å². The molecule has 3 fully saturated rings. The summed E-state index contributed by atoms with van der Waals surface area (Å²) in [4.78, 5) is 64.3. The summed E-state index contributed by atoms with van der Waals surface area (Å²) in [6, 6.07) is 43.7. The number of ketones is 1. The Hall–Kier alpha value is -3.83. The van der Waals surface area contributed by atoms with E-state index < -0.39 is 23.4 Å². The first-order chi connectivity index (χ1) is 38.1. The fourth-order valence-corrected chi connectivity index (χ4v) is 10.4. The standard InChI is InChI=1S/C18H27NO3.C13H19N.C13H17N.C12H21NO3.C7H13NO.C6H5.CH4.B.BrH.Mg.Na.H/c1-13(12-19-17(21)22-18(3,4)5)11-14(2)16(20)15-9-7-6-8-10-15;2*1-10-8-11(2)13(14-9-10)12-6-4-3-5-7-12;1-8-6-9(2)10(14)13(7-8)11(15)16-12(3,4)5;1-5-3-6(2)7(9)8-4-5;1-2-4-6-5-3-1;;;;;;/h6-10,13-14H,11-12H2,1-5H3,(H,19,21);3-7,10-11,13-14H,8-9H2,1-2H3;3-7,10-11H,8-9H2,1-2H3;8-9H,6-7H2,1-5H3;5-6H,3-4H2,1-2H3,(H,8,9);1-5H;1H4;;1H;;;/q;;;;;-1;;;;+2;+1;-1/p-1. The number of Topliss-reactive ketones (excluding diaryl/α,β-unsaturated/α-hetero) is 1. The molecule has 4 aliphatic heterocycles. The number of amides is 4. The zero-order valence-electron chi connectivity index (χ0n) is 55.9. The van der Waals surface area contributed by atoms with Gasteiger partial charge >= 0.3 is 64.8 Å². The number of ether oxygens (including phenoxy) is 2. The maximum Gasteiger partial charge on any atom is 2.00 e. The zero-order valence-corrected chi connectivity index (χ0v) is 59.9. The third-order valence-corrected chi connectivity index (χ3v) is 14.3. The van der Waals surface area contributed by atoms with Gasteiger partial charge < -0.3 is 43.8 Å². The zero-order chi connectivity index (χ0) is 60.3. The number of rotatable bonds is 8. The summed E-state index contributed by atoms with van der Waals surface area (Å²) in [5.74, 6) is 4.46. The number of benzene rings is 4. The molecule has 0 aliphatic carbocycles. The first kappa shape index (κ1) is 86.4. The van der Waals surface area contributed by atoms with E-state index in [0.29, 0.717) is 36.9 Å². The minimum atomic E-state index is -0.554. The molecule has 4 amide bonds. The molecule has 4 aliphatic rings. The molecular weight excluding hydrogens is 1160 g/mol. The number of halogens is 1. The molecule has 86 heavy (non-hydrogen) atoms. The molecule has 467 valence electrons. The normalized spacial score (nSPS) is 22.7. The summed E-state index contributed by atoms with van der Waals surface area (Å²) in [5, 5.41) is 9.23. The number of imide groups is 1. The van der Waals surface area contributed by atoms with Gasteiger partial charge in [0.2, 0.25) is 11.8 Å². The predicted octanol–water partition coefficient (Wildman–Crippen LogP) is 8.89. The molecule has 0 saturated carbocycles. The van der Waals surface area contributed by atoms with Gasteiger partial charge in [0.1, 0.15) is 11.2 Å². The van der Waals surface area contributed by atoms with Crippen molar-refractivity contribution in [3.8, 4) is 0 Å². The molecule has 12 nitrogen and oxygen atoms in total. The van der Waals surface area contributed by atoms with Crippen LogP contribution in [0.4, 0.5) is 9.59 Å². The molecule has 4 aromatic rings. The summed E-state index contributed by atoms with van der Waals surface area (Å²) in [5.41, 5.74) is 3.72. The van der Waals surface area contributed by atoms with E-state index in [4.69, 9.17) is 9.47 Å². The fourth-order valence-electron chi connectivity index (χ4n) is 10.4. The molecule has 4 aromatic carbocycles. The fraction of sp³-hybridized carbons (Fsp3) is 0.571. The van der Waals surface area contributed by atoms with Crippen molar-refractivity contribution in [1.82, 2.24) is 20.9 Å². The first-order valence-electron chi connectivity index (χ1n) is 29.8. The van der Waals surface area contributed by atoms with Crippen LogP contribution in [-0.2, 0) is 19.1 Å². The summed E-state index contributed by atoms with van der Waals surface area (Å²) < 4.78 is 10.4. The number of alkyl carbamates (subject to hydrolysis) is 1. The largest absolute Gasteiger partial charge is 2.00 e. The molecule has 3 radical (unpaired) electrons. The summed E-state index contributed by atoms with van der Waals surface area (Å²) in [6.45, 7) is 36.1. The van der Waals surface area contributed by atoms with Crippen molar-refractivity contribution in [2.24, 2.45) is 64.2 Å². The molecule has 3 N–H and O–H groups in total. The number of piperidine rings is 3. The number of hydrogen-bond acceptors (Lipinski definition) is 9. The van der Waals surface area contributed by atoms with Gasteiger partial charge in [-0.15, -0.1) is 0 Å². The topological polar surface area (TPSA) is 156 Å². The van der Waals surface area contributed by atoms with Crippen molar-refractivity contribution in [1.29, 1.82) is 0 Å².